The van der Waals surface area contributed by atoms with Crippen LogP contribution in [0.25, 0.3) is 10.9 Å². The number of carbonyl (C=O) groups excluding carboxylic acids is 1. The number of hydrogen-bond donors (Lipinski definition) is 1. The number of anilines is 1. The zero-order valence-corrected chi connectivity index (χ0v) is 19.3. The van der Waals surface area contributed by atoms with Crippen molar-refractivity contribution in [1.29, 1.82) is 0 Å². The first-order valence-corrected chi connectivity index (χ1v) is 11.1. The standard InChI is InChI=1S/C25H27F3N4O2/c1-15(17-5-4-6-18(23(17)26)24(27)28)31-20-7-10-29-21-14-30-22(13-19(20)21)25(34-3)8-11-32(12-9-25)16(2)33/h4-7,10,13-15,24H,8-9,11-12H2,1-3H3,(H,29,31)/t15-/m1/s1. The van der Waals surface area contributed by atoms with E-state index >= 15 is 0 Å². The minimum atomic E-state index is -2.89. The Morgan fingerprint density at radius 3 is 2.53 bits per heavy atom. The van der Waals surface area contributed by atoms with Crippen molar-refractivity contribution < 1.29 is 22.7 Å². The van der Waals surface area contributed by atoms with Gasteiger partial charge in [-0.1, -0.05) is 18.2 Å². The van der Waals surface area contributed by atoms with E-state index in [1.54, 1.807) is 44.3 Å². The number of aromatic nitrogens is 2. The fourth-order valence-corrected chi connectivity index (χ4v) is 4.55. The lowest BCUT2D eigenvalue weighted by atomic mass is 9.86. The SMILES string of the molecule is COC1(c2cc3c(N[C@H](C)c4cccc(C(F)F)c4F)ccnc3cn2)CCN(C(C)=O)CC1. The van der Waals surface area contributed by atoms with Crippen LogP contribution in [0.15, 0.2) is 42.7 Å². The van der Waals surface area contributed by atoms with Crippen molar-refractivity contribution in [2.45, 2.75) is 44.8 Å². The molecule has 1 N–H and O–H groups in total. The van der Waals surface area contributed by atoms with Crippen LogP contribution in [0.5, 0.6) is 0 Å². The van der Waals surface area contributed by atoms with Gasteiger partial charge in [-0.3, -0.25) is 14.8 Å². The zero-order valence-electron chi connectivity index (χ0n) is 19.3. The largest absolute Gasteiger partial charge is 0.378 e. The van der Waals surface area contributed by atoms with E-state index in [0.29, 0.717) is 37.1 Å². The Morgan fingerprint density at radius 2 is 1.88 bits per heavy atom. The Labute approximate surface area is 196 Å². The summed E-state index contributed by atoms with van der Waals surface area (Å²) in [5, 5.41) is 4.00. The molecular weight excluding hydrogens is 445 g/mol. The number of rotatable bonds is 6. The average molecular weight is 473 g/mol. The Balaban J connectivity index is 1.67. The number of fused-ring (bicyclic) bond motifs is 1. The number of nitrogens with zero attached hydrogens (tertiary/aromatic N) is 3. The lowest BCUT2D eigenvalue weighted by Gasteiger charge is -2.40. The number of likely N-dealkylation sites (tertiary alicyclic amines) is 1. The molecule has 0 radical (unpaired) electrons. The minimum Gasteiger partial charge on any atom is -0.378 e. The van der Waals surface area contributed by atoms with Crippen molar-refractivity contribution in [1.82, 2.24) is 14.9 Å². The first-order chi connectivity index (χ1) is 16.3. The lowest BCUT2D eigenvalue weighted by Crippen LogP contribution is -2.45. The normalized spacial score (nSPS) is 16.6. The molecule has 1 fully saturated rings. The molecule has 2 aromatic heterocycles. The molecule has 1 atom stereocenters. The first kappa shape index (κ1) is 23.9. The van der Waals surface area contributed by atoms with Gasteiger partial charge in [-0.05, 0) is 31.9 Å². The van der Waals surface area contributed by atoms with E-state index in [-0.39, 0.29) is 11.5 Å². The fraction of sp³-hybridized carbons (Fsp3) is 0.400. The smallest absolute Gasteiger partial charge is 0.266 e. The molecular formula is C25H27F3N4O2. The van der Waals surface area contributed by atoms with Crippen molar-refractivity contribution in [2.75, 3.05) is 25.5 Å². The van der Waals surface area contributed by atoms with Crippen LogP contribution in [-0.2, 0) is 15.1 Å². The van der Waals surface area contributed by atoms with Crippen molar-refractivity contribution in [3.05, 3.63) is 65.4 Å². The van der Waals surface area contributed by atoms with E-state index in [1.165, 1.54) is 12.1 Å². The summed E-state index contributed by atoms with van der Waals surface area (Å²) < 4.78 is 46.9. The number of hydrogen-bond acceptors (Lipinski definition) is 5. The summed E-state index contributed by atoms with van der Waals surface area (Å²) >= 11 is 0. The molecule has 1 saturated heterocycles. The highest BCUT2D eigenvalue weighted by Gasteiger charge is 2.38. The molecule has 0 aliphatic carbocycles. The molecule has 1 amide bonds. The van der Waals surface area contributed by atoms with E-state index in [1.807, 2.05) is 6.07 Å². The molecule has 34 heavy (non-hydrogen) atoms. The number of benzene rings is 1. The van der Waals surface area contributed by atoms with Crippen molar-refractivity contribution >= 4 is 22.5 Å². The monoisotopic (exact) mass is 472 g/mol. The average Bonchev–Trinajstić information content (AvgIpc) is 2.83. The number of nitrogens with one attached hydrogen (secondary N) is 1. The molecule has 3 heterocycles. The topological polar surface area (TPSA) is 67.3 Å². The first-order valence-electron chi connectivity index (χ1n) is 11.1. The van der Waals surface area contributed by atoms with E-state index in [4.69, 9.17) is 4.74 Å². The van der Waals surface area contributed by atoms with Gasteiger partial charge in [0.05, 0.1) is 29.0 Å². The van der Waals surface area contributed by atoms with Crippen LogP contribution in [0.4, 0.5) is 18.9 Å². The predicted molar refractivity (Wildman–Crippen MR) is 123 cm³/mol. The van der Waals surface area contributed by atoms with Gasteiger partial charge in [0.25, 0.3) is 6.43 Å². The van der Waals surface area contributed by atoms with Gasteiger partial charge < -0.3 is 15.0 Å². The molecule has 180 valence electrons. The van der Waals surface area contributed by atoms with Gasteiger partial charge in [-0.25, -0.2) is 13.2 Å². The minimum absolute atomic E-state index is 0.0315. The predicted octanol–water partition coefficient (Wildman–Crippen LogP) is 5.36. The second-order valence-corrected chi connectivity index (χ2v) is 8.57. The molecule has 0 unspecified atom stereocenters. The summed E-state index contributed by atoms with van der Waals surface area (Å²) in [6.07, 6.45) is 1.60. The van der Waals surface area contributed by atoms with E-state index < -0.39 is 29.4 Å². The highest BCUT2D eigenvalue weighted by molar-refractivity contribution is 5.91. The Morgan fingerprint density at radius 1 is 1.18 bits per heavy atom. The number of halogens is 3. The molecule has 1 aliphatic rings. The highest BCUT2D eigenvalue weighted by atomic mass is 19.3. The Bertz CT molecular complexity index is 1200. The fourth-order valence-electron chi connectivity index (χ4n) is 4.55. The van der Waals surface area contributed by atoms with Crippen LogP contribution in [0.1, 0.15) is 56.0 Å². The zero-order chi connectivity index (χ0) is 24.5. The number of ether oxygens (including phenoxy) is 1. The third-order valence-electron chi connectivity index (χ3n) is 6.63. The maximum absolute atomic E-state index is 14.7. The molecule has 3 aromatic rings. The second kappa shape index (κ2) is 9.58. The molecule has 0 spiro atoms. The van der Waals surface area contributed by atoms with Crippen molar-refractivity contribution in [3.63, 3.8) is 0 Å². The molecule has 1 aliphatic heterocycles. The second-order valence-electron chi connectivity index (χ2n) is 8.57. The number of piperidine rings is 1. The summed E-state index contributed by atoms with van der Waals surface area (Å²) in [6, 6.07) is 7.11. The molecule has 6 nitrogen and oxygen atoms in total. The quantitative estimate of drug-likeness (QED) is 0.523. The van der Waals surface area contributed by atoms with Crippen LogP contribution in [0, 0.1) is 5.82 Å². The van der Waals surface area contributed by atoms with Gasteiger partial charge in [-0.15, -0.1) is 0 Å². The Kier molecular flexibility index (Phi) is 6.74. The van der Waals surface area contributed by atoms with Crippen LogP contribution >= 0.6 is 0 Å². The van der Waals surface area contributed by atoms with Gasteiger partial charge in [0, 0.05) is 50.0 Å². The molecule has 0 saturated carbocycles. The summed E-state index contributed by atoms with van der Waals surface area (Å²) in [5.41, 5.74) is 0.931. The van der Waals surface area contributed by atoms with Crippen LogP contribution in [0.3, 0.4) is 0 Å². The molecule has 1 aromatic carbocycles. The molecule has 0 bridgehead atoms. The van der Waals surface area contributed by atoms with Gasteiger partial charge in [-0.2, -0.15) is 0 Å². The van der Waals surface area contributed by atoms with Gasteiger partial charge >= 0.3 is 0 Å². The van der Waals surface area contributed by atoms with Gasteiger partial charge in [0.15, 0.2) is 0 Å². The maximum atomic E-state index is 14.7. The van der Waals surface area contributed by atoms with Gasteiger partial charge in [0.2, 0.25) is 5.91 Å². The third-order valence-corrected chi connectivity index (χ3v) is 6.63. The van der Waals surface area contributed by atoms with E-state index in [0.717, 1.165) is 17.1 Å². The summed E-state index contributed by atoms with van der Waals surface area (Å²) in [6.45, 7) is 4.41. The molecule has 4 rings (SSSR count). The number of pyridine rings is 2. The Hall–Kier alpha value is -3.20. The van der Waals surface area contributed by atoms with Crippen LogP contribution in [-0.4, -0.2) is 41.0 Å². The number of methoxy groups -OCH3 is 1. The van der Waals surface area contributed by atoms with Crippen LogP contribution in [0.2, 0.25) is 0 Å². The summed E-state index contributed by atoms with van der Waals surface area (Å²) in [7, 11) is 1.64. The van der Waals surface area contributed by atoms with Crippen molar-refractivity contribution in [3.8, 4) is 0 Å². The maximum Gasteiger partial charge on any atom is 0.266 e. The third kappa shape index (κ3) is 4.44. The summed E-state index contributed by atoms with van der Waals surface area (Å²) in [5.74, 6) is -0.877. The summed E-state index contributed by atoms with van der Waals surface area (Å²) in [4.78, 5) is 22.5. The number of carbonyl (C=O) groups is 1. The van der Waals surface area contributed by atoms with E-state index in [9.17, 15) is 18.0 Å². The van der Waals surface area contributed by atoms with Crippen LogP contribution < -0.4 is 5.32 Å². The molecule has 9 heteroatoms. The van der Waals surface area contributed by atoms with Gasteiger partial charge in [0.1, 0.15) is 11.4 Å². The van der Waals surface area contributed by atoms with E-state index in [2.05, 4.69) is 15.3 Å². The van der Waals surface area contributed by atoms with Crippen molar-refractivity contribution in [2.24, 2.45) is 0 Å². The lowest BCUT2D eigenvalue weighted by molar-refractivity contribution is -0.135. The highest BCUT2D eigenvalue weighted by Crippen LogP contribution is 2.38. The number of amides is 1. The number of alkyl halides is 2.